The highest BCUT2D eigenvalue weighted by Crippen LogP contribution is 2.26. The summed E-state index contributed by atoms with van der Waals surface area (Å²) in [4.78, 5) is 4.46. The highest BCUT2D eigenvalue weighted by molar-refractivity contribution is 5.89. The molecule has 0 aliphatic heterocycles. The van der Waals surface area contributed by atoms with E-state index in [1.807, 2.05) is 24.4 Å². The van der Waals surface area contributed by atoms with Gasteiger partial charge in [-0.15, -0.1) is 0 Å². The molecular weight excluding hydrogens is 264 g/mol. The monoisotopic (exact) mass is 288 g/mol. The Labute approximate surface area is 126 Å². The Morgan fingerprint density at radius 1 is 1.10 bits per heavy atom. The Morgan fingerprint density at radius 3 is 2.48 bits per heavy atom. The molecule has 0 aliphatic rings. The molecule has 4 heteroatoms. The first-order chi connectivity index (χ1) is 10.0. The zero-order valence-electron chi connectivity index (χ0n) is 13.3. The average Bonchev–Trinajstić information content (AvgIpc) is 2.45. The van der Waals surface area contributed by atoms with Crippen molar-refractivity contribution in [2.75, 3.05) is 20.3 Å². The molecule has 0 amide bonds. The minimum absolute atomic E-state index is 0.0781. The van der Waals surface area contributed by atoms with E-state index >= 15 is 0 Å². The van der Waals surface area contributed by atoms with E-state index in [9.17, 15) is 0 Å². The summed E-state index contributed by atoms with van der Waals surface area (Å²) in [5, 5.41) is 5.72. The van der Waals surface area contributed by atoms with Crippen molar-refractivity contribution in [3.8, 4) is 5.88 Å². The van der Waals surface area contributed by atoms with E-state index in [0.717, 1.165) is 11.9 Å². The lowest BCUT2D eigenvalue weighted by atomic mass is 10.1. The molecular formula is C17H24N2O2. The molecule has 0 atom stereocenters. The number of fused-ring (bicyclic) bond motifs is 1. The van der Waals surface area contributed by atoms with Crippen LogP contribution in [0.25, 0.3) is 10.8 Å². The van der Waals surface area contributed by atoms with Crippen LogP contribution in [0.5, 0.6) is 5.88 Å². The first-order valence-electron chi connectivity index (χ1n) is 7.24. The van der Waals surface area contributed by atoms with E-state index in [1.54, 1.807) is 7.11 Å². The van der Waals surface area contributed by atoms with Gasteiger partial charge in [-0.1, -0.05) is 18.2 Å². The molecule has 0 aliphatic carbocycles. The number of hydrogen-bond donors (Lipinski definition) is 1. The van der Waals surface area contributed by atoms with Crippen LogP contribution in [0.2, 0.25) is 0 Å². The fourth-order valence-electron chi connectivity index (χ4n) is 2.06. The second-order valence-electron chi connectivity index (χ2n) is 6.08. The summed E-state index contributed by atoms with van der Waals surface area (Å²) in [5.41, 5.74) is 1.26. The Hall–Kier alpha value is -1.65. The van der Waals surface area contributed by atoms with Gasteiger partial charge in [-0.05, 0) is 37.8 Å². The third kappa shape index (κ3) is 4.41. The van der Waals surface area contributed by atoms with Crippen molar-refractivity contribution >= 4 is 10.8 Å². The van der Waals surface area contributed by atoms with Crippen molar-refractivity contribution in [3.63, 3.8) is 0 Å². The number of nitrogens with zero attached hydrogens (tertiary/aromatic N) is 1. The first-order valence-corrected chi connectivity index (χ1v) is 7.24. The SMILES string of the molecule is COCCOc1ncc(CNC(C)(C)C)c2ccccc12. The minimum atomic E-state index is 0.0781. The predicted octanol–water partition coefficient (Wildman–Crippen LogP) is 3.15. The lowest BCUT2D eigenvalue weighted by Crippen LogP contribution is -2.35. The molecule has 2 aromatic rings. The number of rotatable bonds is 6. The summed E-state index contributed by atoms with van der Waals surface area (Å²) in [6.07, 6.45) is 1.89. The molecule has 0 bridgehead atoms. The van der Waals surface area contributed by atoms with E-state index in [2.05, 4.69) is 37.1 Å². The molecule has 1 aromatic heterocycles. The summed E-state index contributed by atoms with van der Waals surface area (Å²) in [6, 6.07) is 8.21. The van der Waals surface area contributed by atoms with E-state index in [4.69, 9.17) is 9.47 Å². The van der Waals surface area contributed by atoms with Crippen LogP contribution in [-0.4, -0.2) is 30.8 Å². The topological polar surface area (TPSA) is 43.4 Å². The van der Waals surface area contributed by atoms with Crippen molar-refractivity contribution in [2.24, 2.45) is 0 Å². The van der Waals surface area contributed by atoms with Crippen molar-refractivity contribution < 1.29 is 9.47 Å². The molecule has 114 valence electrons. The zero-order valence-corrected chi connectivity index (χ0v) is 13.3. The summed E-state index contributed by atoms with van der Waals surface area (Å²) in [5.74, 6) is 0.669. The van der Waals surface area contributed by atoms with Gasteiger partial charge in [-0.2, -0.15) is 0 Å². The lowest BCUT2D eigenvalue weighted by molar-refractivity contribution is 0.144. The standard InChI is InChI=1S/C17H24N2O2/c1-17(2,3)19-12-13-11-18-16(21-10-9-20-4)15-8-6-5-7-14(13)15/h5-8,11,19H,9-10,12H2,1-4H3. The first kappa shape index (κ1) is 15.7. The van der Waals surface area contributed by atoms with Crippen molar-refractivity contribution in [1.29, 1.82) is 0 Å². The van der Waals surface area contributed by atoms with Crippen LogP contribution in [0.3, 0.4) is 0 Å². The predicted molar refractivity (Wildman–Crippen MR) is 85.7 cm³/mol. The van der Waals surface area contributed by atoms with E-state index in [1.165, 1.54) is 10.9 Å². The Balaban J connectivity index is 2.26. The summed E-state index contributed by atoms with van der Waals surface area (Å²) < 4.78 is 10.7. The van der Waals surface area contributed by atoms with Gasteiger partial charge in [0.15, 0.2) is 0 Å². The molecule has 0 unspecified atom stereocenters. The Morgan fingerprint density at radius 2 is 1.81 bits per heavy atom. The van der Waals surface area contributed by atoms with Crippen LogP contribution in [0.1, 0.15) is 26.3 Å². The quantitative estimate of drug-likeness (QED) is 0.829. The molecule has 4 nitrogen and oxygen atoms in total. The summed E-state index contributed by atoms with van der Waals surface area (Å²) in [6.45, 7) is 8.33. The maximum absolute atomic E-state index is 5.70. The van der Waals surface area contributed by atoms with Crippen LogP contribution in [0.4, 0.5) is 0 Å². The number of benzene rings is 1. The third-order valence-corrected chi connectivity index (χ3v) is 3.18. The summed E-state index contributed by atoms with van der Waals surface area (Å²) in [7, 11) is 1.66. The molecule has 0 saturated heterocycles. The third-order valence-electron chi connectivity index (χ3n) is 3.18. The van der Waals surface area contributed by atoms with Gasteiger partial charge in [-0.3, -0.25) is 0 Å². The van der Waals surface area contributed by atoms with Crippen molar-refractivity contribution in [2.45, 2.75) is 32.9 Å². The molecule has 1 aromatic carbocycles. The molecule has 1 N–H and O–H groups in total. The van der Waals surface area contributed by atoms with Gasteiger partial charge in [0, 0.05) is 30.8 Å². The molecule has 1 heterocycles. The summed E-state index contributed by atoms with van der Waals surface area (Å²) >= 11 is 0. The van der Waals surface area contributed by atoms with Crippen LogP contribution in [0, 0.1) is 0 Å². The van der Waals surface area contributed by atoms with Crippen molar-refractivity contribution in [1.82, 2.24) is 10.3 Å². The number of methoxy groups -OCH3 is 1. The smallest absolute Gasteiger partial charge is 0.221 e. The second kappa shape index (κ2) is 6.87. The lowest BCUT2D eigenvalue weighted by Gasteiger charge is -2.21. The highest BCUT2D eigenvalue weighted by Gasteiger charge is 2.12. The van der Waals surface area contributed by atoms with Gasteiger partial charge in [0.2, 0.25) is 5.88 Å². The van der Waals surface area contributed by atoms with Crippen LogP contribution >= 0.6 is 0 Å². The zero-order chi connectivity index (χ0) is 15.3. The van der Waals surface area contributed by atoms with Gasteiger partial charge in [0.05, 0.1) is 6.61 Å². The number of aromatic nitrogens is 1. The average molecular weight is 288 g/mol. The molecule has 2 rings (SSSR count). The van der Waals surface area contributed by atoms with Gasteiger partial charge in [0.1, 0.15) is 6.61 Å². The minimum Gasteiger partial charge on any atom is -0.475 e. The fraction of sp³-hybridized carbons (Fsp3) is 0.471. The molecule has 0 saturated carbocycles. The second-order valence-corrected chi connectivity index (χ2v) is 6.08. The maximum Gasteiger partial charge on any atom is 0.221 e. The van der Waals surface area contributed by atoms with Gasteiger partial charge in [-0.25, -0.2) is 4.98 Å². The fourth-order valence-corrected chi connectivity index (χ4v) is 2.06. The van der Waals surface area contributed by atoms with E-state index in [0.29, 0.717) is 19.1 Å². The van der Waals surface area contributed by atoms with Gasteiger partial charge in [0.25, 0.3) is 0 Å². The molecule has 21 heavy (non-hydrogen) atoms. The Kier molecular flexibility index (Phi) is 5.15. The van der Waals surface area contributed by atoms with Crippen LogP contribution in [-0.2, 0) is 11.3 Å². The maximum atomic E-state index is 5.70. The molecule has 0 fully saturated rings. The largest absolute Gasteiger partial charge is 0.475 e. The highest BCUT2D eigenvalue weighted by atomic mass is 16.5. The molecule has 0 spiro atoms. The number of ether oxygens (including phenoxy) is 2. The number of nitrogens with one attached hydrogen (secondary N) is 1. The van der Waals surface area contributed by atoms with E-state index in [-0.39, 0.29) is 5.54 Å². The van der Waals surface area contributed by atoms with Crippen LogP contribution in [0.15, 0.2) is 30.5 Å². The Bertz CT molecular complexity index is 591. The normalized spacial score (nSPS) is 11.8. The van der Waals surface area contributed by atoms with Gasteiger partial charge < -0.3 is 14.8 Å². The molecule has 0 radical (unpaired) electrons. The van der Waals surface area contributed by atoms with Gasteiger partial charge >= 0.3 is 0 Å². The van der Waals surface area contributed by atoms with Crippen LogP contribution < -0.4 is 10.1 Å². The van der Waals surface area contributed by atoms with Crippen molar-refractivity contribution in [3.05, 3.63) is 36.0 Å². The number of hydrogen-bond acceptors (Lipinski definition) is 4. The van der Waals surface area contributed by atoms with E-state index < -0.39 is 0 Å². The number of pyridine rings is 1.